The van der Waals surface area contributed by atoms with Gasteiger partial charge in [-0.3, -0.25) is 4.79 Å². The van der Waals surface area contributed by atoms with E-state index in [-0.39, 0.29) is 5.91 Å². The fourth-order valence-electron chi connectivity index (χ4n) is 1.93. The maximum Gasteiger partial charge on any atom is 0.251 e. The zero-order chi connectivity index (χ0) is 14.4. The van der Waals surface area contributed by atoms with Crippen molar-refractivity contribution in [1.29, 1.82) is 0 Å². The van der Waals surface area contributed by atoms with Crippen molar-refractivity contribution in [1.82, 2.24) is 5.32 Å². The Bertz CT molecular complexity index is 576. The molecule has 0 aliphatic rings. The van der Waals surface area contributed by atoms with E-state index in [1.165, 1.54) is 0 Å². The van der Waals surface area contributed by atoms with Crippen molar-refractivity contribution in [2.75, 3.05) is 6.61 Å². The van der Waals surface area contributed by atoms with Crippen LogP contribution < -0.4 is 10.1 Å². The van der Waals surface area contributed by atoms with Gasteiger partial charge in [-0.1, -0.05) is 35.9 Å². The number of hydrogen-bond acceptors (Lipinski definition) is 2. The van der Waals surface area contributed by atoms with Gasteiger partial charge in [-0.25, -0.2) is 0 Å². The van der Waals surface area contributed by atoms with Gasteiger partial charge in [-0.15, -0.1) is 0 Å². The van der Waals surface area contributed by atoms with Crippen molar-refractivity contribution in [2.45, 2.75) is 20.4 Å². The lowest BCUT2D eigenvalue weighted by atomic mass is 10.1. The molecule has 3 nitrogen and oxygen atoms in total. The minimum Gasteiger partial charge on any atom is -0.494 e. The minimum atomic E-state index is -0.0729. The first-order valence-corrected chi connectivity index (χ1v) is 6.76. The number of benzene rings is 2. The molecule has 0 atom stereocenters. The van der Waals surface area contributed by atoms with Gasteiger partial charge >= 0.3 is 0 Å². The molecule has 0 bridgehead atoms. The Balaban J connectivity index is 2.01. The summed E-state index contributed by atoms with van der Waals surface area (Å²) >= 11 is 0. The lowest BCUT2D eigenvalue weighted by molar-refractivity contribution is 0.0950. The molecule has 0 aliphatic heterocycles. The number of carbonyl (C=O) groups excluding carboxylic acids is 1. The van der Waals surface area contributed by atoms with Gasteiger partial charge in [0.05, 0.1) is 6.61 Å². The molecule has 0 aliphatic carbocycles. The van der Waals surface area contributed by atoms with Crippen LogP contribution in [0.4, 0.5) is 0 Å². The van der Waals surface area contributed by atoms with Gasteiger partial charge in [0.15, 0.2) is 0 Å². The molecular formula is C17H19NO2. The summed E-state index contributed by atoms with van der Waals surface area (Å²) in [5.41, 5.74) is 2.79. The molecule has 2 aromatic carbocycles. The number of aryl methyl sites for hydroxylation is 1. The fraction of sp³-hybridized carbons (Fsp3) is 0.235. The average Bonchev–Trinajstić information content (AvgIpc) is 2.47. The molecule has 1 amide bonds. The molecule has 0 radical (unpaired) electrons. The fourth-order valence-corrected chi connectivity index (χ4v) is 1.93. The van der Waals surface area contributed by atoms with Crippen LogP contribution in [0.5, 0.6) is 5.75 Å². The molecule has 0 spiro atoms. The maximum atomic E-state index is 12.0. The first-order valence-electron chi connectivity index (χ1n) is 6.76. The van der Waals surface area contributed by atoms with Crippen LogP contribution in [0.15, 0.2) is 48.5 Å². The highest BCUT2D eigenvalue weighted by Gasteiger charge is 2.07. The van der Waals surface area contributed by atoms with Crippen LogP contribution in [0.1, 0.15) is 28.4 Å². The van der Waals surface area contributed by atoms with Crippen molar-refractivity contribution in [3.8, 4) is 5.75 Å². The molecule has 0 saturated carbocycles. The Morgan fingerprint density at radius 3 is 2.50 bits per heavy atom. The first kappa shape index (κ1) is 14.1. The molecule has 0 unspecified atom stereocenters. The highest BCUT2D eigenvalue weighted by atomic mass is 16.5. The molecule has 1 N–H and O–H groups in total. The van der Waals surface area contributed by atoms with Crippen molar-refractivity contribution in [3.63, 3.8) is 0 Å². The Morgan fingerprint density at radius 1 is 1.10 bits per heavy atom. The Kier molecular flexibility index (Phi) is 4.77. The Hall–Kier alpha value is -2.29. The summed E-state index contributed by atoms with van der Waals surface area (Å²) in [7, 11) is 0. The summed E-state index contributed by atoms with van der Waals surface area (Å²) in [4.78, 5) is 12.0. The van der Waals surface area contributed by atoms with Crippen molar-refractivity contribution in [3.05, 3.63) is 65.2 Å². The van der Waals surface area contributed by atoms with Crippen molar-refractivity contribution < 1.29 is 9.53 Å². The predicted molar refractivity (Wildman–Crippen MR) is 80.0 cm³/mol. The van der Waals surface area contributed by atoms with Gasteiger partial charge < -0.3 is 10.1 Å². The van der Waals surface area contributed by atoms with E-state index in [4.69, 9.17) is 4.74 Å². The zero-order valence-electron chi connectivity index (χ0n) is 11.8. The molecule has 0 heterocycles. The number of carbonyl (C=O) groups is 1. The molecule has 20 heavy (non-hydrogen) atoms. The summed E-state index contributed by atoms with van der Waals surface area (Å²) in [6, 6.07) is 15.3. The van der Waals surface area contributed by atoms with Crippen LogP contribution in [0.2, 0.25) is 0 Å². The monoisotopic (exact) mass is 269 g/mol. The standard InChI is InChI=1S/C17H19NO2/c1-3-20-16-7-5-4-6-15(16)12-18-17(19)14-10-8-13(2)9-11-14/h4-11H,3,12H2,1-2H3,(H,18,19). The van der Waals surface area contributed by atoms with E-state index in [9.17, 15) is 4.79 Å². The Morgan fingerprint density at radius 2 is 1.80 bits per heavy atom. The molecule has 3 heteroatoms. The van der Waals surface area contributed by atoms with E-state index in [1.807, 2.05) is 62.4 Å². The third kappa shape index (κ3) is 3.60. The number of rotatable bonds is 5. The van der Waals surface area contributed by atoms with Crippen LogP contribution in [0.3, 0.4) is 0 Å². The predicted octanol–water partition coefficient (Wildman–Crippen LogP) is 3.32. The lowest BCUT2D eigenvalue weighted by Crippen LogP contribution is -2.23. The molecule has 2 rings (SSSR count). The van der Waals surface area contributed by atoms with E-state index in [2.05, 4.69) is 5.32 Å². The quantitative estimate of drug-likeness (QED) is 0.904. The van der Waals surface area contributed by atoms with Gasteiger partial charge in [0.25, 0.3) is 5.91 Å². The van der Waals surface area contributed by atoms with Gasteiger partial charge in [0.1, 0.15) is 5.75 Å². The van der Waals surface area contributed by atoms with Crippen LogP contribution in [-0.4, -0.2) is 12.5 Å². The highest BCUT2D eigenvalue weighted by molar-refractivity contribution is 5.94. The summed E-state index contributed by atoms with van der Waals surface area (Å²) in [5.74, 6) is 0.746. The van der Waals surface area contributed by atoms with E-state index in [0.717, 1.165) is 16.9 Å². The summed E-state index contributed by atoms with van der Waals surface area (Å²) in [6.07, 6.45) is 0. The SMILES string of the molecule is CCOc1ccccc1CNC(=O)c1ccc(C)cc1. The average molecular weight is 269 g/mol. The summed E-state index contributed by atoms with van der Waals surface area (Å²) in [6.45, 7) is 5.02. The number of ether oxygens (including phenoxy) is 1. The van der Waals surface area contributed by atoms with Crippen LogP contribution in [0, 0.1) is 6.92 Å². The van der Waals surface area contributed by atoms with Gasteiger partial charge in [0, 0.05) is 17.7 Å². The highest BCUT2D eigenvalue weighted by Crippen LogP contribution is 2.17. The zero-order valence-corrected chi connectivity index (χ0v) is 11.8. The topological polar surface area (TPSA) is 38.3 Å². The molecule has 0 saturated heterocycles. The molecule has 0 fully saturated rings. The van der Waals surface area contributed by atoms with Gasteiger partial charge in [-0.05, 0) is 32.0 Å². The van der Waals surface area contributed by atoms with Crippen LogP contribution in [-0.2, 0) is 6.54 Å². The number of nitrogens with one attached hydrogen (secondary N) is 1. The third-order valence-corrected chi connectivity index (χ3v) is 3.03. The second-order valence-corrected chi connectivity index (χ2v) is 4.59. The van der Waals surface area contributed by atoms with E-state index >= 15 is 0 Å². The number of para-hydroxylation sites is 1. The number of amides is 1. The number of hydrogen-bond donors (Lipinski definition) is 1. The molecule has 104 valence electrons. The normalized spacial score (nSPS) is 10.1. The molecule has 2 aromatic rings. The van der Waals surface area contributed by atoms with Crippen molar-refractivity contribution >= 4 is 5.91 Å². The lowest BCUT2D eigenvalue weighted by Gasteiger charge is -2.11. The molecular weight excluding hydrogens is 250 g/mol. The Labute approximate surface area is 119 Å². The second-order valence-electron chi connectivity index (χ2n) is 4.59. The first-order chi connectivity index (χ1) is 9.70. The van der Waals surface area contributed by atoms with E-state index < -0.39 is 0 Å². The van der Waals surface area contributed by atoms with Crippen molar-refractivity contribution in [2.24, 2.45) is 0 Å². The summed E-state index contributed by atoms with van der Waals surface area (Å²) in [5, 5.41) is 2.91. The maximum absolute atomic E-state index is 12.0. The summed E-state index contributed by atoms with van der Waals surface area (Å²) < 4.78 is 5.54. The van der Waals surface area contributed by atoms with E-state index in [1.54, 1.807) is 0 Å². The van der Waals surface area contributed by atoms with Crippen LogP contribution in [0.25, 0.3) is 0 Å². The largest absolute Gasteiger partial charge is 0.494 e. The minimum absolute atomic E-state index is 0.0729. The smallest absolute Gasteiger partial charge is 0.251 e. The van der Waals surface area contributed by atoms with Crippen LogP contribution >= 0.6 is 0 Å². The van der Waals surface area contributed by atoms with E-state index in [0.29, 0.717) is 18.7 Å². The second kappa shape index (κ2) is 6.75. The van der Waals surface area contributed by atoms with Gasteiger partial charge in [-0.2, -0.15) is 0 Å². The van der Waals surface area contributed by atoms with Gasteiger partial charge in [0.2, 0.25) is 0 Å². The third-order valence-electron chi connectivity index (χ3n) is 3.03. The molecule has 0 aromatic heterocycles.